The summed E-state index contributed by atoms with van der Waals surface area (Å²) in [7, 11) is -3.21. The lowest BCUT2D eigenvalue weighted by Crippen LogP contribution is -2.48. The predicted molar refractivity (Wildman–Crippen MR) is 74.4 cm³/mol. The highest BCUT2D eigenvalue weighted by molar-refractivity contribution is 7.92. The number of carbonyl (C=O) groups is 1. The molecular weight excluding hydrogens is 264 g/mol. The quantitative estimate of drug-likeness (QED) is 0.822. The second-order valence-electron chi connectivity index (χ2n) is 5.70. The Kier molecular flexibility index (Phi) is 4.84. The Morgan fingerprint density at radius 3 is 2.42 bits per heavy atom. The Hall–Kier alpha value is -0.620. The number of carbonyl (C=O) groups excluding carboxylic acids is 1. The first-order valence-corrected chi connectivity index (χ1v) is 8.96. The molecule has 5 nitrogen and oxygen atoms in total. The second-order valence-corrected chi connectivity index (χ2v) is 8.00. The SMILES string of the molecule is NCCC1CCN(C(=O)C2CCCCS2(=O)=O)CC1. The molecule has 2 aliphatic heterocycles. The van der Waals surface area contributed by atoms with Crippen molar-refractivity contribution in [2.45, 2.75) is 43.8 Å². The van der Waals surface area contributed by atoms with Crippen molar-refractivity contribution in [1.82, 2.24) is 4.90 Å². The average molecular weight is 288 g/mol. The Bertz CT molecular complexity index is 414. The average Bonchev–Trinajstić information content (AvgIpc) is 2.39. The van der Waals surface area contributed by atoms with Gasteiger partial charge in [-0.05, 0) is 44.6 Å². The van der Waals surface area contributed by atoms with Crippen molar-refractivity contribution in [3.63, 3.8) is 0 Å². The summed E-state index contributed by atoms with van der Waals surface area (Å²) in [6.07, 6.45) is 4.96. The molecule has 0 aromatic carbocycles. The molecule has 0 aliphatic carbocycles. The molecule has 1 amide bonds. The third kappa shape index (κ3) is 3.48. The summed E-state index contributed by atoms with van der Waals surface area (Å²) in [5, 5.41) is -0.771. The summed E-state index contributed by atoms with van der Waals surface area (Å²) >= 11 is 0. The summed E-state index contributed by atoms with van der Waals surface area (Å²) < 4.78 is 23.9. The van der Waals surface area contributed by atoms with Gasteiger partial charge in [-0.1, -0.05) is 6.42 Å². The van der Waals surface area contributed by atoms with Crippen LogP contribution >= 0.6 is 0 Å². The summed E-state index contributed by atoms with van der Waals surface area (Å²) in [6, 6.07) is 0. The minimum Gasteiger partial charge on any atom is -0.342 e. The molecule has 0 aromatic heterocycles. The molecule has 6 heteroatoms. The highest BCUT2D eigenvalue weighted by Crippen LogP contribution is 2.25. The summed E-state index contributed by atoms with van der Waals surface area (Å²) in [5.74, 6) is 0.607. The number of piperidine rings is 1. The van der Waals surface area contributed by atoms with Crippen molar-refractivity contribution in [3.8, 4) is 0 Å². The van der Waals surface area contributed by atoms with Crippen LogP contribution in [0.4, 0.5) is 0 Å². The Balaban J connectivity index is 1.94. The number of likely N-dealkylation sites (tertiary alicyclic amines) is 1. The lowest BCUT2D eigenvalue weighted by Gasteiger charge is -2.34. The third-order valence-corrected chi connectivity index (χ3v) is 6.52. The van der Waals surface area contributed by atoms with Gasteiger partial charge in [-0.25, -0.2) is 8.42 Å². The number of nitrogens with two attached hydrogens (primary N) is 1. The van der Waals surface area contributed by atoms with Gasteiger partial charge in [0.15, 0.2) is 9.84 Å². The van der Waals surface area contributed by atoms with Crippen LogP contribution in [0.2, 0.25) is 0 Å². The van der Waals surface area contributed by atoms with Crippen LogP contribution in [0, 0.1) is 5.92 Å². The van der Waals surface area contributed by atoms with Gasteiger partial charge >= 0.3 is 0 Å². The van der Waals surface area contributed by atoms with Crippen LogP contribution in [0.3, 0.4) is 0 Å². The molecule has 1 atom stereocenters. The van der Waals surface area contributed by atoms with E-state index < -0.39 is 15.1 Å². The highest BCUT2D eigenvalue weighted by atomic mass is 32.2. The van der Waals surface area contributed by atoms with Crippen LogP contribution < -0.4 is 5.73 Å². The third-order valence-electron chi connectivity index (χ3n) is 4.36. The largest absolute Gasteiger partial charge is 0.342 e. The van der Waals surface area contributed by atoms with Crippen LogP contribution in [0.25, 0.3) is 0 Å². The first-order chi connectivity index (χ1) is 9.04. The molecule has 110 valence electrons. The van der Waals surface area contributed by atoms with Gasteiger partial charge in [-0.15, -0.1) is 0 Å². The maximum atomic E-state index is 12.4. The molecule has 2 saturated heterocycles. The van der Waals surface area contributed by atoms with Crippen LogP contribution in [0.5, 0.6) is 0 Å². The van der Waals surface area contributed by atoms with Crippen molar-refractivity contribution in [1.29, 1.82) is 0 Å². The van der Waals surface area contributed by atoms with Crippen molar-refractivity contribution in [3.05, 3.63) is 0 Å². The first-order valence-electron chi connectivity index (χ1n) is 7.25. The molecule has 2 N–H and O–H groups in total. The summed E-state index contributed by atoms with van der Waals surface area (Å²) in [5.41, 5.74) is 5.55. The van der Waals surface area contributed by atoms with E-state index in [1.807, 2.05) is 0 Å². The van der Waals surface area contributed by atoms with Crippen LogP contribution in [-0.4, -0.2) is 49.9 Å². The topological polar surface area (TPSA) is 80.5 Å². The van der Waals surface area contributed by atoms with Crippen LogP contribution in [0.1, 0.15) is 38.5 Å². The van der Waals surface area contributed by atoms with Crippen molar-refractivity contribution >= 4 is 15.7 Å². The molecule has 2 rings (SSSR count). The molecule has 2 heterocycles. The molecule has 0 saturated carbocycles. The smallest absolute Gasteiger partial charge is 0.240 e. The summed E-state index contributed by atoms with van der Waals surface area (Å²) in [4.78, 5) is 14.1. The van der Waals surface area contributed by atoms with E-state index >= 15 is 0 Å². The van der Waals surface area contributed by atoms with E-state index in [9.17, 15) is 13.2 Å². The van der Waals surface area contributed by atoms with Gasteiger partial charge in [0.2, 0.25) is 5.91 Å². The zero-order valence-electron chi connectivity index (χ0n) is 11.4. The van der Waals surface area contributed by atoms with Crippen molar-refractivity contribution in [2.75, 3.05) is 25.4 Å². The zero-order valence-corrected chi connectivity index (χ0v) is 12.2. The normalized spacial score (nSPS) is 28.3. The minimum absolute atomic E-state index is 0.161. The predicted octanol–water partition coefficient (Wildman–Crippen LogP) is 0.541. The lowest BCUT2D eigenvalue weighted by atomic mass is 9.93. The van der Waals surface area contributed by atoms with E-state index in [-0.39, 0.29) is 11.7 Å². The van der Waals surface area contributed by atoms with E-state index in [1.54, 1.807) is 4.90 Å². The molecule has 0 bridgehead atoms. The second kappa shape index (κ2) is 6.22. The lowest BCUT2D eigenvalue weighted by molar-refractivity contribution is -0.132. The molecule has 2 aliphatic rings. The fourth-order valence-electron chi connectivity index (χ4n) is 3.11. The Morgan fingerprint density at radius 2 is 1.84 bits per heavy atom. The van der Waals surface area contributed by atoms with Gasteiger partial charge in [-0.3, -0.25) is 4.79 Å². The molecular formula is C13H24N2O3S. The van der Waals surface area contributed by atoms with E-state index in [0.29, 0.717) is 38.4 Å². The summed E-state index contributed by atoms with van der Waals surface area (Å²) in [6.45, 7) is 2.07. The van der Waals surface area contributed by atoms with Gasteiger partial charge in [0.25, 0.3) is 0 Å². The number of sulfone groups is 1. The van der Waals surface area contributed by atoms with Crippen LogP contribution in [0.15, 0.2) is 0 Å². The minimum atomic E-state index is -3.21. The maximum absolute atomic E-state index is 12.4. The van der Waals surface area contributed by atoms with Gasteiger partial charge in [-0.2, -0.15) is 0 Å². The Morgan fingerprint density at radius 1 is 1.16 bits per heavy atom. The van der Waals surface area contributed by atoms with E-state index in [4.69, 9.17) is 5.73 Å². The van der Waals surface area contributed by atoms with Gasteiger partial charge < -0.3 is 10.6 Å². The Labute approximate surface area is 115 Å². The molecule has 0 aromatic rings. The molecule has 19 heavy (non-hydrogen) atoms. The molecule has 0 spiro atoms. The van der Waals surface area contributed by atoms with Crippen LogP contribution in [-0.2, 0) is 14.6 Å². The fraction of sp³-hybridized carbons (Fsp3) is 0.923. The zero-order chi connectivity index (χ0) is 13.9. The number of amides is 1. The standard InChI is InChI=1S/C13H24N2O3S/c14-7-4-11-5-8-15(9-6-11)13(16)12-3-1-2-10-19(12,17)18/h11-12H,1-10,14H2. The van der Waals surface area contributed by atoms with E-state index in [0.717, 1.165) is 25.7 Å². The van der Waals surface area contributed by atoms with E-state index in [2.05, 4.69) is 0 Å². The van der Waals surface area contributed by atoms with Crippen molar-refractivity contribution < 1.29 is 13.2 Å². The first kappa shape index (κ1) is 14.8. The monoisotopic (exact) mass is 288 g/mol. The van der Waals surface area contributed by atoms with E-state index in [1.165, 1.54) is 0 Å². The van der Waals surface area contributed by atoms with Gasteiger partial charge in [0.05, 0.1) is 5.75 Å². The number of hydrogen-bond donors (Lipinski definition) is 1. The molecule has 2 fully saturated rings. The highest BCUT2D eigenvalue weighted by Gasteiger charge is 2.38. The molecule has 1 unspecified atom stereocenters. The number of nitrogens with zero attached hydrogens (tertiary/aromatic N) is 1. The van der Waals surface area contributed by atoms with Gasteiger partial charge in [0.1, 0.15) is 5.25 Å². The van der Waals surface area contributed by atoms with Crippen molar-refractivity contribution in [2.24, 2.45) is 11.7 Å². The van der Waals surface area contributed by atoms with Gasteiger partial charge in [0, 0.05) is 13.1 Å². The number of rotatable bonds is 3. The maximum Gasteiger partial charge on any atom is 0.240 e. The fourth-order valence-corrected chi connectivity index (χ4v) is 4.99. The molecule has 0 radical (unpaired) electrons. The number of hydrogen-bond acceptors (Lipinski definition) is 4.